The van der Waals surface area contributed by atoms with Crippen molar-refractivity contribution in [1.29, 1.82) is 0 Å². The largest absolute Gasteiger partial charge is 2.00 e. The SMILES string of the molecule is C=CCOS(=O)(=O)c1ccccc1.[H-].[H-].[H-].[H-].[Mg+2].[Mg+2]. The third-order valence-electron chi connectivity index (χ3n) is 1.37. The van der Waals surface area contributed by atoms with Crippen LogP contribution in [0.4, 0.5) is 0 Å². The molecule has 0 amide bonds. The molecule has 0 radical (unpaired) electrons. The first kappa shape index (κ1) is 17.8. The third-order valence-corrected chi connectivity index (χ3v) is 2.67. The first-order valence-corrected chi connectivity index (χ1v) is 5.13. The predicted octanol–water partition coefficient (Wildman–Crippen LogP) is 1.27. The van der Waals surface area contributed by atoms with E-state index < -0.39 is 10.1 Å². The first-order chi connectivity index (χ1) is 6.17. The molecule has 0 unspecified atom stereocenters. The molecule has 78 valence electrons. The van der Waals surface area contributed by atoms with Gasteiger partial charge in [-0.15, -0.1) is 6.58 Å². The van der Waals surface area contributed by atoms with Crippen LogP contribution in [0.5, 0.6) is 0 Å². The van der Waals surface area contributed by atoms with E-state index in [9.17, 15) is 8.42 Å². The van der Waals surface area contributed by atoms with Crippen LogP contribution in [0.15, 0.2) is 47.9 Å². The molecule has 1 rings (SSSR count). The van der Waals surface area contributed by atoms with Crippen molar-refractivity contribution in [2.75, 3.05) is 6.61 Å². The maximum atomic E-state index is 11.3. The van der Waals surface area contributed by atoms with Gasteiger partial charge in [0, 0.05) is 0 Å². The third kappa shape index (κ3) is 5.88. The van der Waals surface area contributed by atoms with Crippen LogP contribution >= 0.6 is 0 Å². The van der Waals surface area contributed by atoms with Gasteiger partial charge in [-0.05, 0) is 12.1 Å². The van der Waals surface area contributed by atoms with Crippen molar-refractivity contribution in [3.63, 3.8) is 0 Å². The summed E-state index contributed by atoms with van der Waals surface area (Å²) in [6, 6.07) is 8.00. The Morgan fingerprint density at radius 1 is 1.27 bits per heavy atom. The van der Waals surface area contributed by atoms with E-state index in [1.54, 1.807) is 18.2 Å². The fourth-order valence-electron chi connectivity index (χ4n) is 0.793. The minimum absolute atomic E-state index is 0. The van der Waals surface area contributed by atoms with Gasteiger partial charge in [-0.2, -0.15) is 8.42 Å². The maximum Gasteiger partial charge on any atom is 2.00 e. The van der Waals surface area contributed by atoms with Crippen molar-refractivity contribution < 1.29 is 18.3 Å². The zero-order valence-corrected chi connectivity index (χ0v) is 12.1. The van der Waals surface area contributed by atoms with Gasteiger partial charge in [-0.3, -0.25) is 4.18 Å². The van der Waals surface area contributed by atoms with Crippen molar-refractivity contribution in [1.82, 2.24) is 0 Å². The van der Waals surface area contributed by atoms with Crippen LogP contribution in [0, 0.1) is 0 Å². The molecule has 3 nitrogen and oxygen atoms in total. The van der Waals surface area contributed by atoms with Gasteiger partial charge in [0.2, 0.25) is 0 Å². The molecule has 0 atom stereocenters. The Hall–Kier alpha value is 0.402. The molecular formula is C9H14Mg2O3S. The summed E-state index contributed by atoms with van der Waals surface area (Å²) in [7, 11) is -3.59. The fraction of sp³-hybridized carbons (Fsp3) is 0.111. The Kier molecular flexibility index (Phi) is 10.1. The smallest absolute Gasteiger partial charge is 1.00 e. The van der Waals surface area contributed by atoms with Crippen molar-refractivity contribution in [3.8, 4) is 0 Å². The second-order valence-electron chi connectivity index (χ2n) is 2.34. The Bertz CT molecular complexity index is 390. The molecule has 1 aromatic carbocycles. The van der Waals surface area contributed by atoms with Gasteiger partial charge in [-0.25, -0.2) is 0 Å². The summed E-state index contributed by atoms with van der Waals surface area (Å²) in [6.07, 6.45) is 1.39. The van der Waals surface area contributed by atoms with Crippen molar-refractivity contribution in [2.24, 2.45) is 0 Å². The van der Waals surface area contributed by atoms with E-state index in [-0.39, 0.29) is 63.3 Å². The molecule has 0 bridgehead atoms. The van der Waals surface area contributed by atoms with E-state index in [2.05, 4.69) is 10.8 Å². The molecule has 0 saturated carbocycles. The normalized spacial score (nSPS) is 9.60. The quantitative estimate of drug-likeness (QED) is 0.459. The Morgan fingerprint density at radius 3 is 2.27 bits per heavy atom. The molecule has 0 spiro atoms. The molecule has 0 aliphatic heterocycles. The monoisotopic (exact) mass is 250 g/mol. The van der Waals surface area contributed by atoms with E-state index in [4.69, 9.17) is 0 Å². The molecule has 0 saturated heterocycles. The molecular weight excluding hydrogens is 237 g/mol. The van der Waals surface area contributed by atoms with Crippen LogP contribution in [0.25, 0.3) is 0 Å². The minimum atomic E-state index is -3.59. The number of hydrogen-bond acceptors (Lipinski definition) is 3. The summed E-state index contributed by atoms with van der Waals surface area (Å²) in [5.41, 5.74) is 0. The summed E-state index contributed by atoms with van der Waals surface area (Å²) >= 11 is 0. The first-order valence-electron chi connectivity index (χ1n) is 3.72. The summed E-state index contributed by atoms with van der Waals surface area (Å²) < 4.78 is 27.3. The van der Waals surface area contributed by atoms with Crippen molar-refractivity contribution in [2.45, 2.75) is 4.90 Å². The minimum Gasteiger partial charge on any atom is -1.00 e. The molecule has 0 N–H and O–H groups in total. The average Bonchev–Trinajstić information content (AvgIpc) is 2.16. The summed E-state index contributed by atoms with van der Waals surface area (Å²) in [5.74, 6) is 0. The average molecular weight is 251 g/mol. The van der Waals surface area contributed by atoms with Crippen molar-refractivity contribution >= 4 is 56.2 Å². The summed E-state index contributed by atoms with van der Waals surface area (Å²) in [6.45, 7) is 3.37. The van der Waals surface area contributed by atoms with Crippen molar-refractivity contribution in [3.05, 3.63) is 43.0 Å². The zero-order chi connectivity index (χ0) is 9.73. The van der Waals surface area contributed by atoms with E-state index in [0.29, 0.717) is 0 Å². The van der Waals surface area contributed by atoms with E-state index in [1.807, 2.05) is 0 Å². The molecule has 1 aromatic rings. The van der Waals surface area contributed by atoms with Gasteiger partial charge >= 0.3 is 46.1 Å². The fourth-order valence-corrected chi connectivity index (χ4v) is 1.69. The molecule has 0 aromatic heterocycles. The Labute approximate surface area is 128 Å². The van der Waals surface area contributed by atoms with Crippen LogP contribution in [-0.2, 0) is 14.3 Å². The predicted molar refractivity (Wildman–Crippen MR) is 65.7 cm³/mol. The van der Waals surface area contributed by atoms with Gasteiger partial charge in [-0.1, -0.05) is 24.3 Å². The summed E-state index contributed by atoms with van der Waals surface area (Å²) in [4.78, 5) is 0.164. The zero-order valence-electron chi connectivity index (χ0n) is 12.4. The number of benzene rings is 1. The van der Waals surface area contributed by atoms with Crippen LogP contribution < -0.4 is 0 Å². The topological polar surface area (TPSA) is 43.4 Å². The van der Waals surface area contributed by atoms with E-state index in [0.717, 1.165) is 0 Å². The second-order valence-corrected chi connectivity index (χ2v) is 3.96. The van der Waals surface area contributed by atoms with Crippen LogP contribution in [-0.4, -0.2) is 61.1 Å². The van der Waals surface area contributed by atoms with Gasteiger partial charge in [0.25, 0.3) is 10.1 Å². The number of rotatable bonds is 4. The molecule has 6 heteroatoms. The Balaban J connectivity index is -0.0000000704. The summed E-state index contributed by atoms with van der Waals surface area (Å²) in [5, 5.41) is 0. The second kappa shape index (κ2) is 8.54. The Morgan fingerprint density at radius 2 is 1.80 bits per heavy atom. The number of hydrogen-bond donors (Lipinski definition) is 0. The molecule has 0 fully saturated rings. The molecule has 0 heterocycles. The standard InChI is InChI=1S/C9H10O3S.2Mg.4H/c1-2-8-12-13(10,11)9-6-4-3-5-7-9;;;;;;/h2-7H,1,8H2;;;;;;/q;2*+2;4*-1. The van der Waals surface area contributed by atoms with Crippen LogP contribution in [0.2, 0.25) is 0 Å². The van der Waals surface area contributed by atoms with Gasteiger partial charge < -0.3 is 5.71 Å². The molecule has 15 heavy (non-hydrogen) atoms. The molecule has 0 aliphatic carbocycles. The van der Waals surface area contributed by atoms with Gasteiger partial charge in [0.15, 0.2) is 0 Å². The maximum absolute atomic E-state index is 11.3. The van der Waals surface area contributed by atoms with E-state index in [1.165, 1.54) is 18.2 Å². The van der Waals surface area contributed by atoms with Crippen LogP contribution in [0.3, 0.4) is 0 Å². The molecule has 0 aliphatic rings. The van der Waals surface area contributed by atoms with Gasteiger partial charge in [0.05, 0.1) is 11.5 Å². The van der Waals surface area contributed by atoms with Gasteiger partial charge in [0.1, 0.15) is 0 Å². The van der Waals surface area contributed by atoms with Crippen LogP contribution in [0.1, 0.15) is 5.71 Å². The van der Waals surface area contributed by atoms with E-state index >= 15 is 0 Å².